The Bertz CT molecular complexity index is 734. The third kappa shape index (κ3) is 3.65. The summed E-state index contributed by atoms with van der Waals surface area (Å²) < 4.78 is 13.9. The van der Waals surface area contributed by atoms with Crippen molar-refractivity contribution in [2.75, 3.05) is 5.32 Å². The number of benzene rings is 2. The van der Waals surface area contributed by atoms with Crippen molar-refractivity contribution in [2.24, 2.45) is 5.73 Å². The molecular weight excluding hydrogens is 355 g/mol. The second-order valence-electron chi connectivity index (χ2n) is 4.47. The third-order valence-electron chi connectivity index (χ3n) is 2.95. The number of rotatable bonds is 3. The lowest BCUT2D eigenvalue weighted by Gasteiger charge is -2.10. The van der Waals surface area contributed by atoms with Crippen LogP contribution in [0, 0.1) is 12.7 Å². The van der Waals surface area contributed by atoms with E-state index < -0.39 is 5.82 Å². The maximum Gasteiger partial charge on any atom is 0.256 e. The van der Waals surface area contributed by atoms with Crippen LogP contribution in [0.2, 0.25) is 0 Å². The standard InChI is InChI=1S/C15H12BrFN2OS/c1-8-2-4-10(17)7-11(8)15(20)19-13-5-3-9(14(18)21)6-12(13)16/h2-7H,1H3,(H2,18,21)(H,19,20). The molecule has 2 rings (SSSR count). The summed E-state index contributed by atoms with van der Waals surface area (Å²) in [5, 5.41) is 2.72. The normalized spacial score (nSPS) is 10.2. The van der Waals surface area contributed by atoms with E-state index in [9.17, 15) is 9.18 Å². The molecule has 0 aliphatic heterocycles. The van der Waals surface area contributed by atoms with Crippen LogP contribution in [0.25, 0.3) is 0 Å². The topological polar surface area (TPSA) is 55.1 Å². The van der Waals surface area contributed by atoms with Gasteiger partial charge in [0, 0.05) is 15.6 Å². The van der Waals surface area contributed by atoms with Crippen LogP contribution in [0.5, 0.6) is 0 Å². The Morgan fingerprint density at radius 3 is 2.62 bits per heavy atom. The zero-order chi connectivity index (χ0) is 15.6. The maximum absolute atomic E-state index is 13.2. The van der Waals surface area contributed by atoms with Gasteiger partial charge in [-0.25, -0.2) is 4.39 Å². The highest BCUT2D eigenvalue weighted by Gasteiger charge is 2.12. The van der Waals surface area contributed by atoms with Crippen LogP contribution in [-0.4, -0.2) is 10.9 Å². The maximum atomic E-state index is 13.2. The van der Waals surface area contributed by atoms with Crippen LogP contribution >= 0.6 is 28.1 Å². The number of amides is 1. The molecule has 6 heteroatoms. The Morgan fingerprint density at radius 1 is 1.29 bits per heavy atom. The smallest absolute Gasteiger partial charge is 0.256 e. The monoisotopic (exact) mass is 366 g/mol. The van der Waals surface area contributed by atoms with E-state index in [2.05, 4.69) is 21.2 Å². The van der Waals surface area contributed by atoms with E-state index in [1.807, 2.05) is 0 Å². The van der Waals surface area contributed by atoms with E-state index in [1.165, 1.54) is 12.1 Å². The molecule has 0 aliphatic rings. The molecule has 2 aromatic carbocycles. The van der Waals surface area contributed by atoms with Crippen molar-refractivity contribution >= 4 is 44.7 Å². The number of carbonyl (C=O) groups is 1. The third-order valence-corrected chi connectivity index (χ3v) is 3.84. The Balaban J connectivity index is 2.27. The molecule has 1 amide bonds. The lowest BCUT2D eigenvalue weighted by atomic mass is 10.1. The number of thiocarbonyl (C=S) groups is 1. The van der Waals surface area contributed by atoms with Crippen LogP contribution in [0.3, 0.4) is 0 Å². The summed E-state index contributed by atoms with van der Waals surface area (Å²) in [6.45, 7) is 1.75. The van der Waals surface area contributed by atoms with Gasteiger partial charge in [-0.1, -0.05) is 18.3 Å². The molecule has 0 aliphatic carbocycles. The highest BCUT2D eigenvalue weighted by molar-refractivity contribution is 9.10. The molecule has 0 aromatic heterocycles. The molecule has 3 nitrogen and oxygen atoms in total. The number of anilines is 1. The number of halogens is 2. The molecule has 108 valence electrons. The molecule has 0 spiro atoms. The molecule has 0 saturated heterocycles. The average Bonchev–Trinajstić information content (AvgIpc) is 2.43. The first-order valence-corrected chi connectivity index (χ1v) is 7.25. The molecule has 0 saturated carbocycles. The summed E-state index contributed by atoms with van der Waals surface area (Å²) in [5.74, 6) is -0.829. The zero-order valence-corrected chi connectivity index (χ0v) is 13.5. The fourth-order valence-corrected chi connectivity index (χ4v) is 2.40. The zero-order valence-electron chi connectivity index (χ0n) is 11.1. The summed E-state index contributed by atoms with van der Waals surface area (Å²) in [6, 6.07) is 9.21. The van der Waals surface area contributed by atoms with Gasteiger partial charge in [0.25, 0.3) is 5.91 Å². The molecule has 0 bridgehead atoms. The molecular formula is C15H12BrFN2OS. The summed E-state index contributed by atoms with van der Waals surface area (Å²) in [6.07, 6.45) is 0. The molecule has 0 atom stereocenters. The average molecular weight is 367 g/mol. The van der Waals surface area contributed by atoms with E-state index in [0.717, 1.165) is 0 Å². The molecule has 3 N–H and O–H groups in total. The minimum Gasteiger partial charge on any atom is -0.389 e. The quantitative estimate of drug-likeness (QED) is 0.812. The fourth-order valence-electron chi connectivity index (χ4n) is 1.80. The van der Waals surface area contributed by atoms with Gasteiger partial charge in [0.05, 0.1) is 5.69 Å². The van der Waals surface area contributed by atoms with Gasteiger partial charge in [-0.05, 0) is 58.7 Å². The van der Waals surface area contributed by atoms with Gasteiger partial charge in [0.15, 0.2) is 0 Å². The van der Waals surface area contributed by atoms with Gasteiger partial charge in [-0.15, -0.1) is 0 Å². The van der Waals surface area contributed by atoms with Gasteiger partial charge in [-0.2, -0.15) is 0 Å². The van der Waals surface area contributed by atoms with Crippen molar-refractivity contribution in [1.82, 2.24) is 0 Å². The molecule has 0 radical (unpaired) electrons. The van der Waals surface area contributed by atoms with Crippen LogP contribution in [0.1, 0.15) is 21.5 Å². The van der Waals surface area contributed by atoms with Crippen molar-refractivity contribution in [1.29, 1.82) is 0 Å². The van der Waals surface area contributed by atoms with E-state index in [-0.39, 0.29) is 10.9 Å². The van der Waals surface area contributed by atoms with Gasteiger partial charge >= 0.3 is 0 Å². The minimum absolute atomic E-state index is 0.273. The first kappa shape index (κ1) is 15.6. The van der Waals surface area contributed by atoms with Crippen molar-refractivity contribution in [3.8, 4) is 0 Å². The molecule has 0 heterocycles. The highest BCUT2D eigenvalue weighted by atomic mass is 79.9. The fraction of sp³-hybridized carbons (Fsp3) is 0.0667. The second-order valence-corrected chi connectivity index (χ2v) is 5.77. The Labute approximate surface area is 135 Å². The van der Waals surface area contributed by atoms with E-state index in [4.69, 9.17) is 18.0 Å². The molecule has 2 aromatic rings. The van der Waals surface area contributed by atoms with E-state index >= 15 is 0 Å². The first-order chi connectivity index (χ1) is 9.88. The van der Waals surface area contributed by atoms with Gasteiger partial charge < -0.3 is 11.1 Å². The largest absolute Gasteiger partial charge is 0.389 e. The minimum atomic E-state index is -0.450. The lowest BCUT2D eigenvalue weighted by molar-refractivity contribution is 0.102. The van der Waals surface area contributed by atoms with Crippen LogP contribution < -0.4 is 11.1 Å². The lowest BCUT2D eigenvalue weighted by Crippen LogP contribution is -2.15. The van der Waals surface area contributed by atoms with Gasteiger partial charge in [-0.3, -0.25) is 4.79 Å². The first-order valence-electron chi connectivity index (χ1n) is 6.05. The summed E-state index contributed by atoms with van der Waals surface area (Å²) in [7, 11) is 0. The van der Waals surface area contributed by atoms with Crippen molar-refractivity contribution in [3.63, 3.8) is 0 Å². The molecule has 0 fully saturated rings. The number of nitrogens with one attached hydrogen (secondary N) is 1. The van der Waals surface area contributed by atoms with Gasteiger partial charge in [0.2, 0.25) is 0 Å². The Morgan fingerprint density at radius 2 is 2.00 bits per heavy atom. The van der Waals surface area contributed by atoms with E-state index in [1.54, 1.807) is 31.2 Å². The number of aryl methyl sites for hydroxylation is 1. The summed E-state index contributed by atoms with van der Waals surface area (Å²) in [4.78, 5) is 12.5. The number of hydrogen-bond donors (Lipinski definition) is 2. The molecule has 0 unspecified atom stereocenters. The predicted octanol–water partition coefficient (Wildman–Crippen LogP) is 3.78. The Kier molecular flexibility index (Phi) is 4.69. The van der Waals surface area contributed by atoms with Crippen LogP contribution in [0.15, 0.2) is 40.9 Å². The van der Waals surface area contributed by atoms with Crippen molar-refractivity contribution < 1.29 is 9.18 Å². The van der Waals surface area contributed by atoms with Crippen molar-refractivity contribution in [3.05, 3.63) is 63.4 Å². The predicted molar refractivity (Wildman–Crippen MR) is 89.1 cm³/mol. The summed E-state index contributed by atoms with van der Waals surface area (Å²) in [5.41, 5.74) is 7.78. The number of hydrogen-bond acceptors (Lipinski definition) is 2. The number of carbonyl (C=O) groups excluding carboxylic acids is 1. The SMILES string of the molecule is Cc1ccc(F)cc1C(=O)Nc1ccc(C(N)=S)cc1Br. The Hall–Kier alpha value is -1.79. The van der Waals surface area contributed by atoms with Crippen LogP contribution in [-0.2, 0) is 0 Å². The second kappa shape index (κ2) is 6.32. The van der Waals surface area contributed by atoms with E-state index in [0.29, 0.717) is 26.9 Å². The molecule has 21 heavy (non-hydrogen) atoms. The number of nitrogens with two attached hydrogens (primary N) is 1. The summed E-state index contributed by atoms with van der Waals surface area (Å²) >= 11 is 8.23. The van der Waals surface area contributed by atoms with Crippen molar-refractivity contribution in [2.45, 2.75) is 6.92 Å². The highest BCUT2D eigenvalue weighted by Crippen LogP contribution is 2.24. The van der Waals surface area contributed by atoms with Crippen LogP contribution in [0.4, 0.5) is 10.1 Å². The van der Waals surface area contributed by atoms with Gasteiger partial charge in [0.1, 0.15) is 10.8 Å².